The van der Waals surface area contributed by atoms with Crippen LogP contribution in [-0.2, 0) is 11.4 Å². The molecule has 0 saturated carbocycles. The number of aromatic nitrogens is 2. The van der Waals surface area contributed by atoms with E-state index in [1.54, 1.807) is 4.90 Å². The molecule has 2 heterocycles. The van der Waals surface area contributed by atoms with Crippen LogP contribution in [0.15, 0.2) is 90.0 Å². The number of ether oxygens (including phenoxy) is 1. The Labute approximate surface area is 230 Å². The molecule has 4 aromatic rings. The fraction of sp³-hybridized carbons (Fsp3) is 0.138. The van der Waals surface area contributed by atoms with Gasteiger partial charge in [0, 0.05) is 28.9 Å². The number of nitrogens with zero attached hydrogens (tertiary/aromatic N) is 3. The Morgan fingerprint density at radius 2 is 1.84 bits per heavy atom. The molecule has 5 nitrogen and oxygen atoms in total. The number of rotatable bonds is 8. The molecule has 1 amide bonds. The molecule has 186 valence electrons. The van der Waals surface area contributed by atoms with Crippen LogP contribution < -0.4 is 4.74 Å². The lowest BCUT2D eigenvalue weighted by atomic mass is 10.1. The minimum absolute atomic E-state index is 0.0599. The van der Waals surface area contributed by atoms with Crippen molar-refractivity contribution in [2.45, 2.75) is 20.0 Å². The quantitative estimate of drug-likeness (QED) is 0.171. The van der Waals surface area contributed by atoms with Gasteiger partial charge in [-0.25, -0.2) is 4.68 Å². The molecule has 37 heavy (non-hydrogen) atoms. The summed E-state index contributed by atoms with van der Waals surface area (Å²) in [5.41, 5.74) is 4.42. The average molecular weight is 546 g/mol. The Morgan fingerprint density at radius 1 is 1.05 bits per heavy atom. The van der Waals surface area contributed by atoms with Crippen LogP contribution in [0.2, 0.25) is 5.02 Å². The molecule has 5 rings (SSSR count). The van der Waals surface area contributed by atoms with Crippen molar-refractivity contribution in [3.05, 3.63) is 106 Å². The monoisotopic (exact) mass is 545 g/mol. The van der Waals surface area contributed by atoms with Crippen LogP contribution >= 0.6 is 35.6 Å². The highest BCUT2D eigenvalue weighted by molar-refractivity contribution is 8.26. The maximum atomic E-state index is 13.0. The van der Waals surface area contributed by atoms with Gasteiger partial charge in [-0.05, 0) is 54.5 Å². The molecule has 1 saturated heterocycles. The van der Waals surface area contributed by atoms with Crippen LogP contribution in [0.4, 0.5) is 0 Å². The van der Waals surface area contributed by atoms with E-state index in [1.165, 1.54) is 11.8 Å². The third kappa shape index (κ3) is 5.80. The van der Waals surface area contributed by atoms with Crippen molar-refractivity contribution in [2.75, 3.05) is 6.54 Å². The van der Waals surface area contributed by atoms with Gasteiger partial charge in [-0.2, -0.15) is 5.10 Å². The van der Waals surface area contributed by atoms with Crippen LogP contribution in [0.5, 0.6) is 5.75 Å². The molecule has 3 aromatic carbocycles. The van der Waals surface area contributed by atoms with Crippen molar-refractivity contribution in [3.63, 3.8) is 0 Å². The molecule has 1 fully saturated rings. The van der Waals surface area contributed by atoms with Gasteiger partial charge in [-0.1, -0.05) is 85.0 Å². The van der Waals surface area contributed by atoms with E-state index in [0.29, 0.717) is 27.4 Å². The number of thiocarbonyl (C=S) groups is 1. The first-order valence-electron chi connectivity index (χ1n) is 11.9. The lowest BCUT2D eigenvalue weighted by Crippen LogP contribution is -2.28. The molecule has 1 aromatic heterocycles. The van der Waals surface area contributed by atoms with E-state index in [2.05, 4.69) is 0 Å². The second-order valence-corrected chi connectivity index (χ2v) is 10.6. The molecule has 0 N–H and O–H groups in total. The van der Waals surface area contributed by atoms with Gasteiger partial charge < -0.3 is 4.74 Å². The number of hydrogen-bond donors (Lipinski definition) is 0. The molecule has 0 aliphatic carbocycles. The summed E-state index contributed by atoms with van der Waals surface area (Å²) in [4.78, 5) is 15.3. The predicted molar refractivity (Wildman–Crippen MR) is 155 cm³/mol. The van der Waals surface area contributed by atoms with Crippen molar-refractivity contribution in [1.82, 2.24) is 14.7 Å². The Morgan fingerprint density at radius 3 is 2.59 bits per heavy atom. The van der Waals surface area contributed by atoms with E-state index in [0.717, 1.165) is 40.2 Å². The van der Waals surface area contributed by atoms with Crippen molar-refractivity contribution < 1.29 is 9.53 Å². The van der Waals surface area contributed by atoms with E-state index in [4.69, 9.17) is 33.7 Å². The minimum Gasteiger partial charge on any atom is -0.489 e. The third-order valence-corrected chi connectivity index (χ3v) is 7.43. The fourth-order valence-corrected chi connectivity index (χ4v) is 5.39. The predicted octanol–water partition coefficient (Wildman–Crippen LogP) is 7.38. The lowest BCUT2D eigenvalue weighted by molar-refractivity contribution is -0.122. The van der Waals surface area contributed by atoms with Crippen LogP contribution in [0.3, 0.4) is 0 Å². The highest BCUT2D eigenvalue weighted by Crippen LogP contribution is 2.35. The van der Waals surface area contributed by atoms with Gasteiger partial charge in [0.25, 0.3) is 5.91 Å². The first-order valence-corrected chi connectivity index (χ1v) is 13.5. The first-order chi connectivity index (χ1) is 18.0. The maximum absolute atomic E-state index is 13.0. The van der Waals surface area contributed by atoms with Crippen molar-refractivity contribution >= 4 is 51.9 Å². The summed E-state index contributed by atoms with van der Waals surface area (Å²) < 4.78 is 8.47. The summed E-state index contributed by atoms with van der Waals surface area (Å²) in [6.07, 6.45) is 4.68. The number of hydrogen-bond acceptors (Lipinski definition) is 5. The SMILES string of the molecule is CCCN1C(=O)C(=Cc2cn(-c3ccccc3)nc2-c2cccc(OCc3ccc(Cl)cc3)c2)SC1=S. The number of carbonyl (C=O) groups is 1. The third-order valence-electron chi connectivity index (χ3n) is 5.80. The molecular weight excluding hydrogens is 522 g/mol. The molecule has 0 atom stereocenters. The fourth-order valence-electron chi connectivity index (χ4n) is 3.97. The average Bonchev–Trinajstić information content (AvgIpc) is 3.46. The highest BCUT2D eigenvalue weighted by atomic mass is 35.5. The Hall–Kier alpha value is -3.39. The molecule has 0 bridgehead atoms. The topological polar surface area (TPSA) is 47.4 Å². The Bertz CT molecular complexity index is 1470. The zero-order valence-electron chi connectivity index (χ0n) is 20.1. The number of amides is 1. The van der Waals surface area contributed by atoms with Crippen LogP contribution in [-0.4, -0.2) is 31.5 Å². The molecule has 1 aliphatic heterocycles. The zero-order chi connectivity index (χ0) is 25.8. The highest BCUT2D eigenvalue weighted by Gasteiger charge is 2.31. The van der Waals surface area contributed by atoms with Crippen molar-refractivity contribution in [2.24, 2.45) is 0 Å². The lowest BCUT2D eigenvalue weighted by Gasteiger charge is -2.11. The van der Waals surface area contributed by atoms with E-state index >= 15 is 0 Å². The summed E-state index contributed by atoms with van der Waals surface area (Å²) >= 11 is 12.8. The number of thioether (sulfide) groups is 1. The number of carbonyl (C=O) groups excluding carboxylic acids is 1. The normalized spacial score (nSPS) is 14.5. The van der Waals surface area contributed by atoms with Crippen molar-refractivity contribution in [1.29, 1.82) is 0 Å². The summed E-state index contributed by atoms with van der Waals surface area (Å²) in [5.74, 6) is 0.664. The zero-order valence-corrected chi connectivity index (χ0v) is 22.5. The van der Waals surface area contributed by atoms with Crippen LogP contribution in [0.1, 0.15) is 24.5 Å². The van der Waals surface area contributed by atoms with Crippen LogP contribution in [0.25, 0.3) is 23.0 Å². The Balaban J connectivity index is 1.49. The standard InChI is InChI=1S/C29H24ClN3O2S2/c1-2-15-32-28(34)26(37-29(32)36)17-22-18-33(24-8-4-3-5-9-24)31-27(22)21-7-6-10-25(16-21)35-19-20-11-13-23(30)14-12-20/h3-14,16-18H,2,15,19H2,1H3. The van der Waals surface area contributed by atoms with E-state index in [9.17, 15) is 4.79 Å². The minimum atomic E-state index is -0.0599. The number of benzene rings is 3. The molecular formula is C29H24ClN3O2S2. The second kappa shape index (κ2) is 11.3. The van der Waals surface area contributed by atoms with Gasteiger partial charge >= 0.3 is 0 Å². The maximum Gasteiger partial charge on any atom is 0.266 e. The van der Waals surface area contributed by atoms with Crippen LogP contribution in [0, 0.1) is 0 Å². The van der Waals surface area contributed by atoms with Crippen molar-refractivity contribution in [3.8, 4) is 22.7 Å². The van der Waals surface area contributed by atoms with Gasteiger partial charge in [0.05, 0.1) is 10.6 Å². The van der Waals surface area contributed by atoms with Gasteiger partial charge in [0.2, 0.25) is 0 Å². The second-order valence-electron chi connectivity index (χ2n) is 8.49. The Kier molecular flexibility index (Phi) is 7.74. The van der Waals surface area contributed by atoms with E-state index in [1.807, 2.05) is 103 Å². The molecule has 1 aliphatic rings. The van der Waals surface area contributed by atoms with E-state index < -0.39 is 0 Å². The molecule has 0 spiro atoms. The van der Waals surface area contributed by atoms with Gasteiger partial charge in [0.15, 0.2) is 0 Å². The summed E-state index contributed by atoms with van der Waals surface area (Å²) in [6, 6.07) is 25.3. The molecule has 8 heteroatoms. The van der Waals surface area contributed by atoms with E-state index in [-0.39, 0.29) is 5.91 Å². The smallest absolute Gasteiger partial charge is 0.266 e. The first kappa shape index (κ1) is 25.3. The summed E-state index contributed by atoms with van der Waals surface area (Å²) in [6.45, 7) is 3.07. The molecule has 0 unspecified atom stereocenters. The summed E-state index contributed by atoms with van der Waals surface area (Å²) in [5, 5.41) is 5.59. The molecule has 0 radical (unpaired) electrons. The largest absolute Gasteiger partial charge is 0.489 e. The summed E-state index contributed by atoms with van der Waals surface area (Å²) in [7, 11) is 0. The van der Waals surface area contributed by atoms with Gasteiger partial charge in [-0.15, -0.1) is 0 Å². The number of halogens is 1. The number of para-hydroxylation sites is 1. The van der Waals surface area contributed by atoms with Gasteiger partial charge in [-0.3, -0.25) is 9.69 Å². The van der Waals surface area contributed by atoms with Gasteiger partial charge in [0.1, 0.15) is 22.4 Å².